The lowest BCUT2D eigenvalue weighted by Crippen LogP contribution is -2.27. The van der Waals surface area contributed by atoms with Crippen LogP contribution in [0.15, 0.2) is 12.4 Å². The lowest BCUT2D eigenvalue weighted by molar-refractivity contribution is 0.894. The molecular formula is C12H18N4. The first-order chi connectivity index (χ1) is 7.60. The molecule has 16 heavy (non-hydrogen) atoms. The van der Waals surface area contributed by atoms with Crippen molar-refractivity contribution < 1.29 is 0 Å². The van der Waals surface area contributed by atoms with E-state index in [0.29, 0.717) is 0 Å². The van der Waals surface area contributed by atoms with E-state index in [1.54, 1.807) is 0 Å². The first-order valence-corrected chi connectivity index (χ1v) is 5.69. The Hall–Kier alpha value is -1.58. The molecular weight excluding hydrogens is 200 g/mol. The van der Waals surface area contributed by atoms with Gasteiger partial charge in [0.05, 0.1) is 11.4 Å². The number of aromatic nitrogens is 2. The Kier molecular flexibility index (Phi) is 2.58. The molecule has 1 aliphatic rings. The maximum atomic E-state index is 4.62. The minimum absolute atomic E-state index is 0.875. The highest BCUT2D eigenvalue weighted by Crippen LogP contribution is 2.37. The minimum Gasteiger partial charge on any atom is -0.310 e. The SMILES string of the molecule is C=C1N(CC)c2nc(C)c(C)nc2N1CC. The van der Waals surface area contributed by atoms with Crippen molar-refractivity contribution in [3.8, 4) is 0 Å². The summed E-state index contributed by atoms with van der Waals surface area (Å²) in [6.45, 7) is 14.0. The van der Waals surface area contributed by atoms with Crippen molar-refractivity contribution in [2.75, 3.05) is 22.9 Å². The van der Waals surface area contributed by atoms with E-state index in [2.05, 4.69) is 40.2 Å². The highest BCUT2D eigenvalue weighted by atomic mass is 15.4. The third-order valence-electron chi connectivity index (χ3n) is 3.04. The molecule has 0 fully saturated rings. The van der Waals surface area contributed by atoms with Crippen molar-refractivity contribution in [3.63, 3.8) is 0 Å². The molecule has 0 N–H and O–H groups in total. The van der Waals surface area contributed by atoms with Gasteiger partial charge >= 0.3 is 0 Å². The topological polar surface area (TPSA) is 32.3 Å². The normalized spacial score (nSPS) is 14.6. The van der Waals surface area contributed by atoms with Crippen LogP contribution >= 0.6 is 0 Å². The second-order valence-electron chi connectivity index (χ2n) is 3.95. The summed E-state index contributed by atoms with van der Waals surface area (Å²) in [4.78, 5) is 13.4. The summed E-state index contributed by atoms with van der Waals surface area (Å²) in [7, 11) is 0. The van der Waals surface area contributed by atoms with E-state index in [0.717, 1.165) is 41.9 Å². The average Bonchev–Trinajstić information content (AvgIpc) is 2.50. The van der Waals surface area contributed by atoms with Gasteiger partial charge in [0.1, 0.15) is 5.82 Å². The van der Waals surface area contributed by atoms with Crippen LogP contribution in [0.4, 0.5) is 11.6 Å². The molecule has 0 aromatic carbocycles. The highest BCUT2D eigenvalue weighted by molar-refractivity contribution is 5.75. The van der Waals surface area contributed by atoms with Gasteiger partial charge in [-0.2, -0.15) is 0 Å². The number of nitrogens with zero attached hydrogens (tertiary/aromatic N) is 4. The number of hydrogen-bond acceptors (Lipinski definition) is 4. The molecule has 2 rings (SSSR count). The van der Waals surface area contributed by atoms with Crippen LogP contribution in [-0.2, 0) is 0 Å². The summed E-state index contributed by atoms with van der Waals surface area (Å²) < 4.78 is 0. The minimum atomic E-state index is 0.875. The molecule has 0 spiro atoms. The van der Waals surface area contributed by atoms with Crippen LogP contribution < -0.4 is 9.80 Å². The lowest BCUT2D eigenvalue weighted by atomic mass is 10.3. The second-order valence-corrected chi connectivity index (χ2v) is 3.95. The second kappa shape index (κ2) is 3.77. The summed E-state index contributed by atoms with van der Waals surface area (Å²) in [5.41, 5.74) is 1.98. The molecule has 0 aliphatic carbocycles. The van der Waals surface area contributed by atoms with E-state index < -0.39 is 0 Å². The third kappa shape index (κ3) is 1.37. The van der Waals surface area contributed by atoms with E-state index in [1.807, 2.05) is 13.8 Å². The van der Waals surface area contributed by atoms with Crippen LogP contribution in [0.5, 0.6) is 0 Å². The van der Waals surface area contributed by atoms with Crippen molar-refractivity contribution in [2.45, 2.75) is 27.7 Å². The molecule has 0 amide bonds. The quantitative estimate of drug-likeness (QED) is 0.762. The average molecular weight is 218 g/mol. The summed E-state index contributed by atoms with van der Waals surface area (Å²) in [6.07, 6.45) is 0. The van der Waals surface area contributed by atoms with Crippen molar-refractivity contribution in [1.82, 2.24) is 9.97 Å². The molecule has 0 atom stereocenters. The van der Waals surface area contributed by atoms with Crippen LogP contribution in [0, 0.1) is 13.8 Å². The van der Waals surface area contributed by atoms with Crippen LogP contribution in [0.2, 0.25) is 0 Å². The van der Waals surface area contributed by atoms with Gasteiger partial charge in [-0.25, -0.2) is 9.97 Å². The molecule has 1 aromatic rings. The van der Waals surface area contributed by atoms with E-state index in [-0.39, 0.29) is 0 Å². The van der Waals surface area contributed by atoms with Gasteiger partial charge in [-0.1, -0.05) is 6.58 Å². The predicted molar refractivity (Wildman–Crippen MR) is 66.7 cm³/mol. The fraction of sp³-hybridized carbons (Fsp3) is 0.500. The van der Waals surface area contributed by atoms with E-state index in [4.69, 9.17) is 0 Å². The van der Waals surface area contributed by atoms with Crippen molar-refractivity contribution in [3.05, 3.63) is 23.8 Å². The molecule has 0 saturated carbocycles. The summed E-state index contributed by atoms with van der Waals surface area (Å²) in [5.74, 6) is 2.86. The molecule has 86 valence electrons. The fourth-order valence-electron chi connectivity index (χ4n) is 2.00. The van der Waals surface area contributed by atoms with E-state index >= 15 is 0 Å². The Balaban J connectivity index is 2.59. The zero-order valence-corrected chi connectivity index (χ0v) is 10.4. The molecule has 0 unspecified atom stereocenters. The Morgan fingerprint density at radius 3 is 1.62 bits per heavy atom. The maximum absolute atomic E-state index is 4.62. The summed E-state index contributed by atoms with van der Waals surface area (Å²) >= 11 is 0. The number of anilines is 2. The largest absolute Gasteiger partial charge is 0.310 e. The Morgan fingerprint density at radius 1 is 0.938 bits per heavy atom. The summed E-state index contributed by atoms with van der Waals surface area (Å²) in [6, 6.07) is 0. The smallest absolute Gasteiger partial charge is 0.178 e. The number of fused-ring (bicyclic) bond motifs is 1. The van der Waals surface area contributed by atoms with Gasteiger partial charge < -0.3 is 9.80 Å². The molecule has 1 aromatic heterocycles. The van der Waals surface area contributed by atoms with Crippen molar-refractivity contribution in [2.24, 2.45) is 0 Å². The number of rotatable bonds is 2. The Morgan fingerprint density at radius 2 is 1.31 bits per heavy atom. The van der Waals surface area contributed by atoms with Gasteiger partial charge in [0.25, 0.3) is 0 Å². The van der Waals surface area contributed by atoms with Gasteiger partial charge in [-0.3, -0.25) is 0 Å². The van der Waals surface area contributed by atoms with Gasteiger partial charge in [0, 0.05) is 13.1 Å². The lowest BCUT2D eigenvalue weighted by Gasteiger charge is -2.20. The van der Waals surface area contributed by atoms with Crippen molar-refractivity contribution >= 4 is 11.6 Å². The van der Waals surface area contributed by atoms with Crippen LogP contribution in [-0.4, -0.2) is 23.1 Å². The number of hydrogen-bond donors (Lipinski definition) is 0. The first-order valence-electron chi connectivity index (χ1n) is 5.69. The van der Waals surface area contributed by atoms with Crippen molar-refractivity contribution in [1.29, 1.82) is 0 Å². The predicted octanol–water partition coefficient (Wildman–Crippen LogP) is 2.23. The number of aryl methyl sites for hydroxylation is 2. The van der Waals surface area contributed by atoms with Gasteiger partial charge in [0.15, 0.2) is 11.6 Å². The standard InChI is InChI=1S/C12H18N4/c1-6-15-10(5)16(7-2)12-11(15)13-8(3)9(4)14-12/h5-7H2,1-4H3. The first kappa shape index (κ1) is 10.9. The third-order valence-corrected chi connectivity index (χ3v) is 3.04. The molecule has 4 nitrogen and oxygen atoms in total. The van der Waals surface area contributed by atoms with Crippen LogP contribution in [0.25, 0.3) is 0 Å². The summed E-state index contributed by atoms with van der Waals surface area (Å²) in [5, 5.41) is 0. The van der Waals surface area contributed by atoms with E-state index in [1.165, 1.54) is 0 Å². The maximum Gasteiger partial charge on any atom is 0.178 e. The fourth-order valence-corrected chi connectivity index (χ4v) is 2.00. The molecule has 0 bridgehead atoms. The highest BCUT2D eigenvalue weighted by Gasteiger charge is 2.31. The zero-order valence-electron chi connectivity index (χ0n) is 10.4. The van der Waals surface area contributed by atoms with E-state index in [9.17, 15) is 0 Å². The van der Waals surface area contributed by atoms with Gasteiger partial charge in [-0.15, -0.1) is 0 Å². The van der Waals surface area contributed by atoms with Gasteiger partial charge in [0.2, 0.25) is 0 Å². The molecule has 1 aliphatic heterocycles. The van der Waals surface area contributed by atoms with Crippen LogP contribution in [0.1, 0.15) is 25.2 Å². The Bertz CT molecular complexity index is 400. The molecule has 2 heterocycles. The molecule has 4 heteroatoms. The molecule has 0 saturated heterocycles. The molecule has 0 radical (unpaired) electrons. The van der Waals surface area contributed by atoms with Gasteiger partial charge in [-0.05, 0) is 27.7 Å². The van der Waals surface area contributed by atoms with Crippen LogP contribution in [0.3, 0.4) is 0 Å². The monoisotopic (exact) mass is 218 g/mol. The Labute approximate surface area is 96.6 Å². The zero-order chi connectivity index (χ0) is 11.9.